The Morgan fingerprint density at radius 1 is 1.12 bits per heavy atom. The van der Waals surface area contributed by atoms with Gasteiger partial charge in [0.1, 0.15) is 11.6 Å². The van der Waals surface area contributed by atoms with Crippen LogP contribution in [0.2, 0.25) is 0 Å². The number of hydrogen-bond donors (Lipinski definition) is 1. The maximum atomic E-state index is 13.3. The van der Waals surface area contributed by atoms with Crippen molar-refractivity contribution in [3.05, 3.63) is 35.4 Å². The zero-order chi connectivity index (χ0) is 12.1. The molecule has 16 heavy (non-hydrogen) atoms. The van der Waals surface area contributed by atoms with Crippen molar-refractivity contribution in [1.29, 1.82) is 0 Å². The van der Waals surface area contributed by atoms with E-state index in [0.717, 1.165) is 12.8 Å². The number of aliphatic hydroxyl groups is 1. The monoisotopic (exact) mass is 228 g/mol. The van der Waals surface area contributed by atoms with Crippen molar-refractivity contribution >= 4 is 0 Å². The van der Waals surface area contributed by atoms with E-state index in [0.29, 0.717) is 12.3 Å². The lowest BCUT2D eigenvalue weighted by molar-refractivity contribution is 0.152. The van der Waals surface area contributed by atoms with Crippen LogP contribution >= 0.6 is 0 Å². The molecular weight excluding hydrogens is 210 g/mol. The summed E-state index contributed by atoms with van der Waals surface area (Å²) in [6.45, 7) is 4.16. The van der Waals surface area contributed by atoms with Crippen molar-refractivity contribution in [2.45, 2.75) is 39.2 Å². The molecule has 0 amide bonds. The number of aliphatic hydroxyl groups excluding tert-OH is 1. The van der Waals surface area contributed by atoms with Crippen LogP contribution in [-0.4, -0.2) is 5.11 Å². The molecule has 3 heteroatoms. The molecule has 0 radical (unpaired) electrons. The maximum absolute atomic E-state index is 13.3. The van der Waals surface area contributed by atoms with E-state index in [1.807, 2.05) is 0 Å². The minimum Gasteiger partial charge on any atom is -0.388 e. The number of hydrogen-bond acceptors (Lipinski definition) is 1. The van der Waals surface area contributed by atoms with Crippen LogP contribution in [0.4, 0.5) is 8.78 Å². The van der Waals surface area contributed by atoms with Gasteiger partial charge in [0.05, 0.1) is 11.7 Å². The number of benzene rings is 1. The fourth-order valence-corrected chi connectivity index (χ4v) is 1.69. The molecule has 0 spiro atoms. The summed E-state index contributed by atoms with van der Waals surface area (Å²) in [4.78, 5) is 0. The molecule has 0 saturated heterocycles. The van der Waals surface area contributed by atoms with Gasteiger partial charge in [-0.1, -0.05) is 32.8 Å². The van der Waals surface area contributed by atoms with Gasteiger partial charge < -0.3 is 5.11 Å². The van der Waals surface area contributed by atoms with Gasteiger partial charge in [-0.25, -0.2) is 8.78 Å². The molecule has 1 atom stereocenters. The third kappa shape index (κ3) is 3.56. The van der Waals surface area contributed by atoms with Crippen LogP contribution in [-0.2, 0) is 0 Å². The van der Waals surface area contributed by atoms with Gasteiger partial charge in [0.25, 0.3) is 0 Å². The highest BCUT2D eigenvalue weighted by Crippen LogP contribution is 2.25. The van der Waals surface area contributed by atoms with E-state index < -0.39 is 17.7 Å². The molecule has 1 rings (SSSR count). The van der Waals surface area contributed by atoms with E-state index in [4.69, 9.17) is 0 Å². The lowest BCUT2D eigenvalue weighted by atomic mass is 9.99. The number of rotatable bonds is 5. The van der Waals surface area contributed by atoms with Crippen molar-refractivity contribution in [2.24, 2.45) is 5.92 Å². The van der Waals surface area contributed by atoms with E-state index in [1.165, 1.54) is 18.2 Å². The summed E-state index contributed by atoms with van der Waals surface area (Å²) in [5.74, 6) is -0.799. The standard InChI is InChI=1S/C13H18F2O/c1-9(2)5-3-8-12(16)13-10(14)6-4-7-11(13)15/h4,6-7,9,12,16H,3,5,8H2,1-2H3. The predicted octanol–water partition coefficient (Wildman–Crippen LogP) is 3.82. The topological polar surface area (TPSA) is 20.2 Å². The quantitative estimate of drug-likeness (QED) is 0.812. The predicted molar refractivity (Wildman–Crippen MR) is 60.0 cm³/mol. The average Bonchev–Trinajstić information content (AvgIpc) is 2.16. The maximum Gasteiger partial charge on any atom is 0.131 e. The lowest BCUT2D eigenvalue weighted by Crippen LogP contribution is -2.04. The van der Waals surface area contributed by atoms with Crippen LogP contribution in [0, 0.1) is 17.6 Å². The Labute approximate surface area is 95.1 Å². The molecule has 0 aromatic heterocycles. The van der Waals surface area contributed by atoms with Crippen LogP contribution in [0.5, 0.6) is 0 Å². The second-order valence-electron chi connectivity index (χ2n) is 4.48. The molecule has 0 heterocycles. The van der Waals surface area contributed by atoms with Crippen LogP contribution in [0.1, 0.15) is 44.8 Å². The Morgan fingerprint density at radius 2 is 1.69 bits per heavy atom. The van der Waals surface area contributed by atoms with E-state index >= 15 is 0 Å². The largest absolute Gasteiger partial charge is 0.388 e. The summed E-state index contributed by atoms with van der Waals surface area (Å²) >= 11 is 0. The summed E-state index contributed by atoms with van der Waals surface area (Å²) in [6.07, 6.45) is 1.08. The second kappa shape index (κ2) is 5.94. The molecule has 1 unspecified atom stereocenters. The molecule has 0 aliphatic rings. The highest BCUT2D eigenvalue weighted by atomic mass is 19.1. The van der Waals surface area contributed by atoms with Crippen molar-refractivity contribution in [3.63, 3.8) is 0 Å². The minimum atomic E-state index is -1.04. The fourth-order valence-electron chi connectivity index (χ4n) is 1.69. The summed E-state index contributed by atoms with van der Waals surface area (Å²) < 4.78 is 26.6. The Bertz CT molecular complexity index is 316. The van der Waals surface area contributed by atoms with Gasteiger partial charge in [-0.15, -0.1) is 0 Å². The van der Waals surface area contributed by atoms with Gasteiger partial charge in [0.2, 0.25) is 0 Å². The molecule has 90 valence electrons. The SMILES string of the molecule is CC(C)CCCC(O)c1c(F)cccc1F. The van der Waals surface area contributed by atoms with Crippen molar-refractivity contribution < 1.29 is 13.9 Å². The molecular formula is C13H18F2O. The third-order valence-corrected chi connectivity index (χ3v) is 2.59. The average molecular weight is 228 g/mol. The summed E-state index contributed by atoms with van der Waals surface area (Å²) in [7, 11) is 0. The molecule has 1 nitrogen and oxygen atoms in total. The Kier molecular flexibility index (Phi) is 4.87. The highest BCUT2D eigenvalue weighted by Gasteiger charge is 2.17. The number of halogens is 2. The first-order chi connectivity index (χ1) is 7.52. The zero-order valence-corrected chi connectivity index (χ0v) is 9.71. The first kappa shape index (κ1) is 13.1. The van der Waals surface area contributed by atoms with Gasteiger partial charge in [-0.2, -0.15) is 0 Å². The van der Waals surface area contributed by atoms with Crippen LogP contribution in [0.15, 0.2) is 18.2 Å². The summed E-state index contributed by atoms with van der Waals surface area (Å²) in [6, 6.07) is 3.64. The van der Waals surface area contributed by atoms with Gasteiger partial charge in [0, 0.05) is 0 Å². The molecule has 0 saturated carbocycles. The Balaban J connectivity index is 2.62. The first-order valence-electron chi connectivity index (χ1n) is 5.64. The Morgan fingerprint density at radius 3 is 2.19 bits per heavy atom. The van der Waals surface area contributed by atoms with Crippen LogP contribution in [0.3, 0.4) is 0 Å². The van der Waals surface area contributed by atoms with E-state index in [-0.39, 0.29) is 5.56 Å². The van der Waals surface area contributed by atoms with E-state index in [2.05, 4.69) is 13.8 Å². The van der Waals surface area contributed by atoms with Gasteiger partial charge in [0.15, 0.2) is 0 Å². The van der Waals surface area contributed by atoms with E-state index in [9.17, 15) is 13.9 Å². The van der Waals surface area contributed by atoms with Crippen molar-refractivity contribution in [2.75, 3.05) is 0 Å². The zero-order valence-electron chi connectivity index (χ0n) is 9.71. The molecule has 0 bridgehead atoms. The molecule has 1 N–H and O–H groups in total. The minimum absolute atomic E-state index is 0.203. The Hall–Kier alpha value is -0.960. The van der Waals surface area contributed by atoms with Crippen molar-refractivity contribution in [3.8, 4) is 0 Å². The first-order valence-corrected chi connectivity index (χ1v) is 5.64. The van der Waals surface area contributed by atoms with Crippen LogP contribution in [0.25, 0.3) is 0 Å². The van der Waals surface area contributed by atoms with Gasteiger partial charge in [-0.3, -0.25) is 0 Å². The summed E-state index contributed by atoms with van der Waals surface area (Å²) in [5.41, 5.74) is -0.203. The normalized spacial score (nSPS) is 13.1. The van der Waals surface area contributed by atoms with Gasteiger partial charge >= 0.3 is 0 Å². The van der Waals surface area contributed by atoms with Gasteiger partial charge in [-0.05, 0) is 24.5 Å². The third-order valence-electron chi connectivity index (χ3n) is 2.59. The fraction of sp³-hybridized carbons (Fsp3) is 0.538. The molecule has 1 aromatic carbocycles. The smallest absolute Gasteiger partial charge is 0.131 e. The molecule has 0 fully saturated rings. The highest BCUT2D eigenvalue weighted by molar-refractivity contribution is 5.21. The second-order valence-corrected chi connectivity index (χ2v) is 4.48. The summed E-state index contributed by atoms with van der Waals surface area (Å²) in [5, 5.41) is 9.72. The van der Waals surface area contributed by atoms with Crippen LogP contribution < -0.4 is 0 Å². The van der Waals surface area contributed by atoms with E-state index in [1.54, 1.807) is 0 Å². The molecule has 0 aliphatic heterocycles. The molecule has 1 aromatic rings. The lowest BCUT2D eigenvalue weighted by Gasteiger charge is -2.13. The molecule has 0 aliphatic carbocycles. The van der Waals surface area contributed by atoms with Crippen molar-refractivity contribution in [1.82, 2.24) is 0 Å².